The zero-order valence-corrected chi connectivity index (χ0v) is 19.1. The highest BCUT2D eigenvalue weighted by Crippen LogP contribution is 2.25. The van der Waals surface area contributed by atoms with E-state index in [0.717, 1.165) is 38.6 Å². The first-order valence-corrected chi connectivity index (χ1v) is 11.5. The summed E-state index contributed by atoms with van der Waals surface area (Å²) < 4.78 is 5.16. The van der Waals surface area contributed by atoms with Gasteiger partial charge in [-0.25, -0.2) is 9.97 Å². The van der Waals surface area contributed by atoms with Crippen molar-refractivity contribution in [1.82, 2.24) is 15.3 Å². The fourth-order valence-corrected chi connectivity index (χ4v) is 4.12. The van der Waals surface area contributed by atoms with E-state index < -0.39 is 0 Å². The van der Waals surface area contributed by atoms with Crippen molar-refractivity contribution in [2.45, 2.75) is 18.0 Å². The van der Waals surface area contributed by atoms with E-state index in [9.17, 15) is 4.79 Å². The van der Waals surface area contributed by atoms with Crippen LogP contribution >= 0.6 is 23.4 Å². The van der Waals surface area contributed by atoms with Gasteiger partial charge in [0, 0.05) is 18.0 Å². The summed E-state index contributed by atoms with van der Waals surface area (Å²) in [5.74, 6) is 0.994. The first-order valence-electron chi connectivity index (χ1n) is 10.1. The summed E-state index contributed by atoms with van der Waals surface area (Å²) in [5.41, 5.74) is 4.60. The summed E-state index contributed by atoms with van der Waals surface area (Å²) >= 11 is 7.42. The minimum atomic E-state index is -0.0572. The Hall–Kier alpha value is -3.09. The number of para-hydroxylation sites is 2. The fraction of sp³-hybridized carbons (Fsp3) is 0.160. The molecule has 5 nitrogen and oxygen atoms in total. The van der Waals surface area contributed by atoms with Crippen LogP contribution in [0.4, 0.5) is 0 Å². The van der Waals surface area contributed by atoms with Gasteiger partial charge in [-0.3, -0.25) is 4.79 Å². The summed E-state index contributed by atoms with van der Waals surface area (Å²) in [6.07, 6.45) is 0.616. The summed E-state index contributed by atoms with van der Waals surface area (Å²) in [6.45, 7) is 0.463. The van der Waals surface area contributed by atoms with E-state index in [4.69, 9.17) is 26.3 Å². The smallest absolute Gasteiger partial charge is 0.230 e. The second-order valence-corrected chi connectivity index (χ2v) is 8.58. The van der Waals surface area contributed by atoms with E-state index >= 15 is 0 Å². The third-order valence-corrected chi connectivity index (χ3v) is 6.14. The van der Waals surface area contributed by atoms with Crippen molar-refractivity contribution in [3.05, 3.63) is 94.6 Å². The Kier molecular flexibility index (Phi) is 7.24. The van der Waals surface area contributed by atoms with Crippen molar-refractivity contribution >= 4 is 40.3 Å². The average molecular weight is 464 g/mol. The van der Waals surface area contributed by atoms with E-state index in [0.29, 0.717) is 18.0 Å². The Morgan fingerprint density at radius 2 is 1.59 bits per heavy atom. The molecule has 1 N–H and O–H groups in total. The monoisotopic (exact) mass is 463 g/mol. The van der Waals surface area contributed by atoms with Gasteiger partial charge in [-0.15, -0.1) is 0 Å². The topological polar surface area (TPSA) is 64.1 Å². The number of rotatable bonds is 8. The maximum Gasteiger partial charge on any atom is 0.230 e. The molecule has 0 fully saturated rings. The molecule has 0 aliphatic carbocycles. The summed E-state index contributed by atoms with van der Waals surface area (Å²) in [7, 11) is 1.63. The Labute approximate surface area is 196 Å². The van der Waals surface area contributed by atoms with Gasteiger partial charge < -0.3 is 10.1 Å². The molecule has 0 saturated carbocycles. The molecule has 4 aromatic rings. The van der Waals surface area contributed by atoms with Crippen LogP contribution in [-0.2, 0) is 17.8 Å². The van der Waals surface area contributed by atoms with E-state index in [1.54, 1.807) is 7.11 Å². The molecular weight excluding hydrogens is 442 g/mol. The van der Waals surface area contributed by atoms with Gasteiger partial charge >= 0.3 is 0 Å². The molecule has 0 atom stereocenters. The van der Waals surface area contributed by atoms with Crippen molar-refractivity contribution in [1.29, 1.82) is 0 Å². The minimum absolute atomic E-state index is 0.0572. The molecule has 0 spiro atoms. The quantitative estimate of drug-likeness (QED) is 0.359. The standard InChI is InChI=1S/C25H22ClN3O2S/c1-31-20-12-8-18(9-13-20)15-27-24(30)16-32-25-23(14-17-6-10-19(26)11-7-17)28-21-4-2-3-5-22(21)29-25/h2-13H,14-16H2,1H3,(H,27,30). The van der Waals surface area contributed by atoms with Gasteiger partial charge in [0.25, 0.3) is 0 Å². The number of aromatic nitrogens is 2. The van der Waals surface area contributed by atoms with E-state index in [2.05, 4.69) is 5.32 Å². The van der Waals surface area contributed by atoms with E-state index in [1.807, 2.05) is 72.8 Å². The number of hydrogen-bond acceptors (Lipinski definition) is 5. The zero-order chi connectivity index (χ0) is 22.3. The van der Waals surface area contributed by atoms with Crippen molar-refractivity contribution in [3.8, 4) is 5.75 Å². The van der Waals surface area contributed by atoms with Crippen LogP contribution < -0.4 is 10.1 Å². The maximum absolute atomic E-state index is 12.5. The zero-order valence-electron chi connectivity index (χ0n) is 17.5. The van der Waals surface area contributed by atoms with Crippen molar-refractivity contribution in [2.75, 3.05) is 12.9 Å². The average Bonchev–Trinajstić information content (AvgIpc) is 2.83. The number of carbonyl (C=O) groups is 1. The van der Waals surface area contributed by atoms with Gasteiger partial charge in [0.05, 0.1) is 29.6 Å². The summed E-state index contributed by atoms with van der Waals surface area (Å²) in [4.78, 5) is 22.1. The van der Waals surface area contributed by atoms with Crippen LogP contribution in [0.1, 0.15) is 16.8 Å². The molecule has 1 heterocycles. The van der Waals surface area contributed by atoms with Crippen LogP contribution in [0.3, 0.4) is 0 Å². The van der Waals surface area contributed by atoms with Gasteiger partial charge in [-0.1, -0.05) is 59.8 Å². The number of carbonyl (C=O) groups excluding carboxylic acids is 1. The first kappa shape index (κ1) is 22.1. The van der Waals surface area contributed by atoms with Gasteiger partial charge in [-0.2, -0.15) is 0 Å². The van der Waals surface area contributed by atoms with Crippen LogP contribution in [0.2, 0.25) is 5.02 Å². The Balaban J connectivity index is 1.45. The predicted octanol–water partition coefficient (Wildman–Crippen LogP) is 5.29. The summed E-state index contributed by atoms with van der Waals surface area (Å²) in [6, 6.07) is 23.1. The first-order chi connectivity index (χ1) is 15.6. The highest BCUT2D eigenvalue weighted by molar-refractivity contribution is 7.99. The van der Waals surface area contributed by atoms with Gasteiger partial charge in [0.1, 0.15) is 10.8 Å². The van der Waals surface area contributed by atoms with Gasteiger partial charge in [-0.05, 0) is 47.5 Å². The molecular formula is C25H22ClN3O2S. The van der Waals surface area contributed by atoms with E-state index in [1.165, 1.54) is 11.8 Å². The number of benzene rings is 3. The number of fused-ring (bicyclic) bond motifs is 1. The lowest BCUT2D eigenvalue weighted by Crippen LogP contribution is -2.24. The fourth-order valence-electron chi connectivity index (χ4n) is 3.18. The van der Waals surface area contributed by atoms with Crippen LogP contribution in [0.25, 0.3) is 11.0 Å². The third-order valence-electron chi connectivity index (χ3n) is 4.88. The number of methoxy groups -OCH3 is 1. The molecule has 1 aromatic heterocycles. The molecule has 1 amide bonds. The summed E-state index contributed by atoms with van der Waals surface area (Å²) in [5, 5.41) is 4.41. The Morgan fingerprint density at radius 3 is 2.28 bits per heavy atom. The molecule has 0 aliphatic heterocycles. The Morgan fingerprint density at radius 1 is 0.938 bits per heavy atom. The number of nitrogens with one attached hydrogen (secondary N) is 1. The van der Waals surface area contributed by atoms with Crippen molar-refractivity contribution < 1.29 is 9.53 Å². The molecule has 32 heavy (non-hydrogen) atoms. The largest absolute Gasteiger partial charge is 0.497 e. The maximum atomic E-state index is 12.5. The number of nitrogens with zero attached hydrogens (tertiary/aromatic N) is 2. The molecule has 0 radical (unpaired) electrons. The number of halogens is 1. The molecule has 162 valence electrons. The van der Waals surface area contributed by atoms with E-state index in [-0.39, 0.29) is 11.7 Å². The van der Waals surface area contributed by atoms with Crippen molar-refractivity contribution in [2.24, 2.45) is 0 Å². The molecule has 0 aliphatic rings. The van der Waals surface area contributed by atoms with Crippen LogP contribution in [-0.4, -0.2) is 28.7 Å². The second kappa shape index (κ2) is 10.5. The molecule has 0 saturated heterocycles. The number of hydrogen-bond donors (Lipinski definition) is 1. The SMILES string of the molecule is COc1ccc(CNC(=O)CSc2nc3ccccc3nc2Cc2ccc(Cl)cc2)cc1. The lowest BCUT2D eigenvalue weighted by Gasteiger charge is -2.10. The van der Waals surface area contributed by atoms with Gasteiger partial charge in [0.2, 0.25) is 5.91 Å². The van der Waals surface area contributed by atoms with Crippen LogP contribution in [0, 0.1) is 0 Å². The van der Waals surface area contributed by atoms with Crippen molar-refractivity contribution in [3.63, 3.8) is 0 Å². The Bertz CT molecular complexity index is 1210. The molecule has 0 bridgehead atoms. The number of amides is 1. The second-order valence-electron chi connectivity index (χ2n) is 7.18. The predicted molar refractivity (Wildman–Crippen MR) is 129 cm³/mol. The van der Waals surface area contributed by atoms with Gasteiger partial charge in [0.15, 0.2) is 0 Å². The third kappa shape index (κ3) is 5.78. The van der Waals surface area contributed by atoms with Crippen LogP contribution in [0.5, 0.6) is 5.75 Å². The highest BCUT2D eigenvalue weighted by Gasteiger charge is 2.13. The molecule has 4 rings (SSSR count). The molecule has 3 aromatic carbocycles. The normalized spacial score (nSPS) is 10.8. The molecule has 0 unspecified atom stereocenters. The minimum Gasteiger partial charge on any atom is -0.497 e. The van der Waals surface area contributed by atoms with Crippen LogP contribution in [0.15, 0.2) is 77.8 Å². The molecule has 7 heteroatoms. The lowest BCUT2D eigenvalue weighted by molar-refractivity contribution is -0.118. The lowest BCUT2D eigenvalue weighted by atomic mass is 10.1. The number of thioether (sulfide) groups is 1. The number of ether oxygens (including phenoxy) is 1. The highest BCUT2D eigenvalue weighted by atomic mass is 35.5.